The maximum absolute atomic E-state index is 12.3. The third-order valence-electron chi connectivity index (χ3n) is 3.97. The molecule has 0 heterocycles. The summed E-state index contributed by atoms with van der Waals surface area (Å²) in [5, 5.41) is 15.2. The maximum atomic E-state index is 12.3. The van der Waals surface area contributed by atoms with Crippen LogP contribution in [0.4, 0.5) is 13.2 Å². The third kappa shape index (κ3) is 5.23. The molecule has 2 atom stereocenters. The van der Waals surface area contributed by atoms with Gasteiger partial charge in [-0.05, 0) is 18.2 Å². The average Bonchev–Trinajstić information content (AvgIpc) is 2.59. The van der Waals surface area contributed by atoms with Gasteiger partial charge in [0.05, 0.1) is 13.0 Å². The van der Waals surface area contributed by atoms with Crippen molar-refractivity contribution in [2.45, 2.75) is 23.4 Å². The lowest BCUT2D eigenvalue weighted by Crippen LogP contribution is -2.54. The monoisotopic (exact) mass is 422 g/mol. The summed E-state index contributed by atoms with van der Waals surface area (Å²) in [6.45, 7) is -1.90. The predicted octanol–water partition coefficient (Wildman–Crippen LogP) is 2.20. The van der Waals surface area contributed by atoms with Crippen molar-refractivity contribution in [1.29, 1.82) is 0 Å². The normalized spacial score (nSPS) is 22.1. The van der Waals surface area contributed by atoms with Gasteiger partial charge in [0.25, 0.3) is 5.54 Å². The lowest BCUT2D eigenvalue weighted by atomic mass is 9.88. The molecule has 1 aromatic carbocycles. The Hall–Kier alpha value is -2.60. The van der Waals surface area contributed by atoms with E-state index in [1.165, 1.54) is 36.4 Å². The molecule has 0 aliphatic heterocycles. The molecule has 12 heteroatoms. The fourth-order valence-electron chi connectivity index (χ4n) is 2.70. The zero-order valence-electron chi connectivity index (χ0n) is 14.3. The molecular formula is C16H17F3N2O6S. The Kier molecular flexibility index (Phi) is 6.34. The van der Waals surface area contributed by atoms with Gasteiger partial charge >= 0.3 is 6.18 Å². The van der Waals surface area contributed by atoms with Gasteiger partial charge in [-0.1, -0.05) is 30.4 Å². The number of alkyl halides is 3. The van der Waals surface area contributed by atoms with Crippen molar-refractivity contribution in [1.82, 2.24) is 0 Å². The van der Waals surface area contributed by atoms with Gasteiger partial charge < -0.3 is 9.47 Å². The van der Waals surface area contributed by atoms with Crippen LogP contribution >= 0.6 is 0 Å². The molecule has 2 N–H and O–H groups in total. The van der Waals surface area contributed by atoms with Crippen LogP contribution in [0.1, 0.15) is 6.42 Å². The topological polar surface area (TPSA) is 122 Å². The molecule has 1 aliphatic rings. The molecule has 0 fully saturated rings. The Morgan fingerprint density at radius 1 is 1.18 bits per heavy atom. The number of halogens is 3. The van der Waals surface area contributed by atoms with E-state index in [0.29, 0.717) is 0 Å². The number of para-hydroxylation sites is 2. The van der Waals surface area contributed by atoms with Crippen molar-refractivity contribution in [2.24, 2.45) is 5.14 Å². The number of primary sulfonamides is 1. The molecule has 1 aliphatic carbocycles. The van der Waals surface area contributed by atoms with Crippen molar-refractivity contribution in [3.05, 3.63) is 58.7 Å². The minimum atomic E-state index is -4.55. The molecule has 1 aromatic rings. The van der Waals surface area contributed by atoms with E-state index in [1.54, 1.807) is 0 Å². The molecule has 0 amide bonds. The fourth-order valence-corrected chi connectivity index (χ4v) is 3.86. The zero-order chi connectivity index (χ0) is 21.0. The van der Waals surface area contributed by atoms with Crippen LogP contribution in [0, 0.1) is 10.1 Å². The summed E-state index contributed by atoms with van der Waals surface area (Å²) in [4.78, 5) is 10.9. The van der Waals surface area contributed by atoms with Gasteiger partial charge in [0.15, 0.2) is 23.4 Å². The Balaban J connectivity index is 2.16. The summed E-state index contributed by atoms with van der Waals surface area (Å²) < 4.78 is 70.6. The average molecular weight is 422 g/mol. The predicted molar refractivity (Wildman–Crippen MR) is 93.0 cm³/mol. The van der Waals surface area contributed by atoms with Gasteiger partial charge in [-0.3, -0.25) is 10.1 Å². The van der Waals surface area contributed by atoms with Crippen molar-refractivity contribution in [3.8, 4) is 11.5 Å². The summed E-state index contributed by atoms with van der Waals surface area (Å²) in [5.74, 6) is -0.259. The number of hydrogen-bond acceptors (Lipinski definition) is 6. The summed E-state index contributed by atoms with van der Waals surface area (Å²) in [5.41, 5.74) is -2.07. The first-order valence-corrected chi connectivity index (χ1v) is 9.50. The second kappa shape index (κ2) is 8.19. The van der Waals surface area contributed by atoms with Crippen LogP contribution < -0.4 is 14.6 Å². The molecule has 2 unspecified atom stereocenters. The number of nitrogens with zero attached hydrogens (tertiary/aromatic N) is 1. The van der Waals surface area contributed by atoms with E-state index in [-0.39, 0.29) is 18.1 Å². The first kappa shape index (κ1) is 21.7. The molecule has 28 heavy (non-hydrogen) atoms. The van der Waals surface area contributed by atoms with Gasteiger partial charge in [0.1, 0.15) is 0 Å². The molecular weight excluding hydrogens is 405 g/mol. The molecule has 154 valence electrons. The lowest BCUT2D eigenvalue weighted by molar-refractivity contribution is -0.554. The number of nitro groups is 1. The smallest absolute Gasteiger partial charge is 0.422 e. The van der Waals surface area contributed by atoms with Crippen LogP contribution in [0.25, 0.3) is 0 Å². The third-order valence-corrected chi connectivity index (χ3v) is 5.24. The van der Waals surface area contributed by atoms with Gasteiger partial charge in [0.2, 0.25) is 10.0 Å². The lowest BCUT2D eigenvalue weighted by Gasteiger charge is -2.29. The first-order chi connectivity index (χ1) is 13.0. The van der Waals surface area contributed by atoms with Gasteiger partial charge in [-0.2, -0.15) is 13.2 Å². The number of rotatable bonds is 8. The minimum Gasteiger partial charge on any atom is -0.489 e. The van der Waals surface area contributed by atoms with Crippen LogP contribution in [0.5, 0.6) is 11.5 Å². The number of nitrogens with two attached hydrogens (primary N) is 1. The second-order valence-electron chi connectivity index (χ2n) is 5.95. The van der Waals surface area contributed by atoms with E-state index >= 15 is 0 Å². The highest BCUT2D eigenvalue weighted by Crippen LogP contribution is 2.32. The highest BCUT2D eigenvalue weighted by atomic mass is 32.2. The molecule has 8 nitrogen and oxygen atoms in total. The Morgan fingerprint density at radius 2 is 1.79 bits per heavy atom. The van der Waals surface area contributed by atoms with Crippen molar-refractivity contribution < 1.29 is 36.0 Å². The first-order valence-electron chi connectivity index (χ1n) is 7.89. The zero-order valence-corrected chi connectivity index (χ0v) is 15.2. The SMILES string of the molecule is NS(=O)(=O)C1C=CC=CC1(CCOc1ccccc1OCC(F)(F)F)[N+](=O)[O-]. The second-order valence-corrected chi connectivity index (χ2v) is 7.64. The van der Waals surface area contributed by atoms with E-state index in [4.69, 9.17) is 9.88 Å². The number of hydrogen-bond donors (Lipinski definition) is 1. The summed E-state index contributed by atoms with van der Waals surface area (Å²) >= 11 is 0. The fraction of sp³-hybridized carbons (Fsp3) is 0.375. The van der Waals surface area contributed by atoms with Gasteiger partial charge in [-0.25, -0.2) is 13.6 Å². The van der Waals surface area contributed by atoms with E-state index in [1.807, 2.05) is 0 Å². The number of benzene rings is 1. The Bertz CT molecular complexity index is 885. The molecule has 0 radical (unpaired) electrons. The van der Waals surface area contributed by atoms with E-state index in [9.17, 15) is 31.7 Å². The van der Waals surface area contributed by atoms with E-state index in [2.05, 4.69) is 4.74 Å². The summed E-state index contributed by atoms with van der Waals surface area (Å²) in [6.07, 6.45) is -0.0703. The standard InChI is InChI=1S/C16H17F3N2O6S/c17-16(18,19)11-27-13-6-2-1-5-12(13)26-10-9-15(21(22)23)8-4-3-7-14(15)28(20,24)25/h1-8,14H,9-11H2,(H2,20,24,25). The highest BCUT2D eigenvalue weighted by Gasteiger charge is 2.53. The molecule has 2 rings (SSSR count). The van der Waals surface area contributed by atoms with Crippen LogP contribution in [0.15, 0.2) is 48.6 Å². The molecule has 0 saturated heterocycles. The van der Waals surface area contributed by atoms with Crippen molar-refractivity contribution in [2.75, 3.05) is 13.2 Å². The molecule has 0 bridgehead atoms. The van der Waals surface area contributed by atoms with Crippen LogP contribution in [-0.2, 0) is 10.0 Å². The van der Waals surface area contributed by atoms with Crippen molar-refractivity contribution >= 4 is 10.0 Å². The van der Waals surface area contributed by atoms with Crippen LogP contribution in [0.3, 0.4) is 0 Å². The van der Waals surface area contributed by atoms with E-state index in [0.717, 1.165) is 12.2 Å². The van der Waals surface area contributed by atoms with Gasteiger partial charge in [0, 0.05) is 4.92 Å². The van der Waals surface area contributed by atoms with Gasteiger partial charge in [-0.15, -0.1) is 0 Å². The quantitative estimate of drug-likeness (QED) is 0.506. The Morgan fingerprint density at radius 3 is 2.32 bits per heavy atom. The Labute approximate surface area is 158 Å². The molecule has 0 spiro atoms. The molecule has 0 saturated carbocycles. The summed E-state index contributed by atoms with van der Waals surface area (Å²) in [7, 11) is -4.29. The number of allylic oxidation sites excluding steroid dienone is 2. The van der Waals surface area contributed by atoms with Crippen LogP contribution in [-0.4, -0.2) is 43.5 Å². The highest BCUT2D eigenvalue weighted by molar-refractivity contribution is 7.90. The van der Waals surface area contributed by atoms with E-state index < -0.39 is 44.9 Å². The maximum Gasteiger partial charge on any atom is 0.422 e. The largest absolute Gasteiger partial charge is 0.489 e. The van der Waals surface area contributed by atoms with Crippen LogP contribution in [0.2, 0.25) is 0 Å². The summed E-state index contributed by atoms with van der Waals surface area (Å²) in [6, 6.07) is 5.50. The number of ether oxygens (including phenoxy) is 2. The molecule has 0 aromatic heterocycles. The van der Waals surface area contributed by atoms with Crippen molar-refractivity contribution in [3.63, 3.8) is 0 Å². The number of sulfonamides is 1. The minimum absolute atomic E-state index is 0.0623.